The molecule has 0 bridgehead atoms. The molecule has 0 aliphatic heterocycles. The number of aliphatic hydroxyl groups is 2. The molecule has 2 aromatic rings. The largest absolute Gasteiger partial charge is 0.466 e. The number of hydrogen-bond acceptors (Lipinski definition) is 4. The van der Waals surface area contributed by atoms with Crippen LogP contribution in [-0.4, -0.2) is 28.9 Å². The van der Waals surface area contributed by atoms with Gasteiger partial charge in [0.05, 0.1) is 19.1 Å². The molecule has 0 saturated carbocycles. The van der Waals surface area contributed by atoms with Gasteiger partial charge in [-0.1, -0.05) is 73.2 Å². The lowest BCUT2D eigenvalue weighted by molar-refractivity contribution is -0.150. The molecule has 4 nitrogen and oxygen atoms in total. The van der Waals surface area contributed by atoms with Gasteiger partial charge in [-0.15, -0.1) is 0 Å². The fourth-order valence-corrected chi connectivity index (χ4v) is 4.51. The summed E-state index contributed by atoms with van der Waals surface area (Å²) >= 11 is 0. The number of rotatable bonds is 10. The summed E-state index contributed by atoms with van der Waals surface area (Å²) in [5, 5.41) is 21.7. The number of carbonyl (C=O) groups excluding carboxylic acids is 1. The quantitative estimate of drug-likeness (QED) is 0.330. The summed E-state index contributed by atoms with van der Waals surface area (Å²) < 4.78 is 5.09. The second-order valence-electron chi connectivity index (χ2n) is 8.52. The van der Waals surface area contributed by atoms with E-state index in [0.717, 1.165) is 43.2 Å². The average molecular weight is 423 g/mol. The minimum absolute atomic E-state index is 0.0514. The molecular formula is C27H34O4. The minimum Gasteiger partial charge on any atom is -0.466 e. The van der Waals surface area contributed by atoms with Gasteiger partial charge in [0.1, 0.15) is 5.60 Å². The first kappa shape index (κ1) is 23.2. The van der Waals surface area contributed by atoms with E-state index in [-0.39, 0.29) is 18.3 Å². The summed E-state index contributed by atoms with van der Waals surface area (Å²) in [5.74, 6) is -0.323. The molecule has 3 unspecified atom stereocenters. The highest BCUT2D eigenvalue weighted by Gasteiger charge is 2.40. The van der Waals surface area contributed by atoms with Gasteiger partial charge in [-0.25, -0.2) is 0 Å². The van der Waals surface area contributed by atoms with Gasteiger partial charge in [-0.05, 0) is 61.6 Å². The third-order valence-corrected chi connectivity index (χ3v) is 6.01. The summed E-state index contributed by atoms with van der Waals surface area (Å²) in [4.78, 5) is 12.1. The Hall–Kier alpha value is -2.43. The van der Waals surface area contributed by atoms with Crippen molar-refractivity contribution >= 4 is 5.97 Å². The second-order valence-corrected chi connectivity index (χ2v) is 8.52. The lowest BCUT2D eigenvalue weighted by Gasteiger charge is -2.37. The summed E-state index contributed by atoms with van der Waals surface area (Å²) in [6.07, 6.45) is 8.30. The van der Waals surface area contributed by atoms with Crippen LogP contribution in [0.15, 0.2) is 66.7 Å². The van der Waals surface area contributed by atoms with Crippen molar-refractivity contribution in [3.05, 3.63) is 83.4 Å². The molecule has 0 radical (unpaired) electrons. The summed E-state index contributed by atoms with van der Waals surface area (Å²) in [7, 11) is 0. The molecule has 0 amide bonds. The van der Waals surface area contributed by atoms with Gasteiger partial charge < -0.3 is 14.9 Å². The lowest BCUT2D eigenvalue weighted by atomic mass is 9.72. The Bertz CT molecular complexity index is 861. The number of esters is 1. The molecule has 2 aromatic carbocycles. The molecule has 2 N–H and O–H groups in total. The molecule has 0 fully saturated rings. The van der Waals surface area contributed by atoms with Crippen LogP contribution in [0.2, 0.25) is 0 Å². The van der Waals surface area contributed by atoms with Crippen LogP contribution in [0.1, 0.15) is 55.7 Å². The van der Waals surface area contributed by atoms with E-state index >= 15 is 0 Å². The van der Waals surface area contributed by atoms with Crippen LogP contribution in [0.5, 0.6) is 0 Å². The van der Waals surface area contributed by atoms with Crippen molar-refractivity contribution in [1.82, 2.24) is 0 Å². The van der Waals surface area contributed by atoms with E-state index in [1.807, 2.05) is 42.5 Å². The fraction of sp³-hybridized carbons (Fsp3) is 0.444. The van der Waals surface area contributed by atoms with Crippen LogP contribution in [0.3, 0.4) is 0 Å². The SMILES string of the molecule is CCOC(=O)CC1(O)CC(C=CC(O)CCCCc2ccccc2)Cc2ccccc21. The number of fused-ring (bicyclic) bond motifs is 1. The molecule has 166 valence electrons. The van der Waals surface area contributed by atoms with Crippen molar-refractivity contribution in [2.45, 2.75) is 63.6 Å². The number of benzene rings is 2. The molecule has 3 rings (SSSR count). The first-order chi connectivity index (χ1) is 15.0. The van der Waals surface area contributed by atoms with E-state index in [1.54, 1.807) is 6.92 Å². The Balaban J connectivity index is 1.55. The van der Waals surface area contributed by atoms with Crippen LogP contribution in [0.4, 0.5) is 0 Å². The second kappa shape index (κ2) is 11.3. The molecule has 1 aliphatic carbocycles. The van der Waals surface area contributed by atoms with Gasteiger partial charge in [0, 0.05) is 0 Å². The maximum Gasteiger partial charge on any atom is 0.309 e. The van der Waals surface area contributed by atoms with Crippen molar-refractivity contribution < 1.29 is 19.7 Å². The van der Waals surface area contributed by atoms with Crippen LogP contribution in [-0.2, 0) is 28.0 Å². The Morgan fingerprint density at radius 1 is 1.16 bits per heavy atom. The highest BCUT2D eigenvalue weighted by molar-refractivity contribution is 5.71. The Kier molecular flexibility index (Phi) is 8.44. The van der Waals surface area contributed by atoms with Gasteiger partial charge in [0.2, 0.25) is 0 Å². The number of ether oxygens (including phenoxy) is 1. The highest BCUT2D eigenvalue weighted by atomic mass is 16.5. The Morgan fingerprint density at radius 2 is 1.90 bits per heavy atom. The maximum absolute atomic E-state index is 12.1. The lowest BCUT2D eigenvalue weighted by Crippen LogP contribution is -2.37. The summed E-state index contributed by atoms with van der Waals surface area (Å²) in [6, 6.07) is 18.2. The number of aryl methyl sites for hydroxylation is 1. The van der Waals surface area contributed by atoms with Crippen LogP contribution < -0.4 is 0 Å². The standard InChI is InChI=1S/C27H34O4/c1-2-31-26(29)20-27(30)19-22(18-23-13-7-9-15-25(23)27)16-17-24(28)14-8-6-12-21-10-4-3-5-11-21/h3-5,7,9-11,13,15-17,22,24,28,30H,2,6,8,12,14,18-20H2,1H3. The van der Waals surface area contributed by atoms with Crippen molar-refractivity contribution in [2.75, 3.05) is 6.61 Å². The fourth-order valence-electron chi connectivity index (χ4n) is 4.51. The molecule has 3 atom stereocenters. The van der Waals surface area contributed by atoms with Crippen LogP contribution in [0.25, 0.3) is 0 Å². The average Bonchev–Trinajstić information content (AvgIpc) is 2.76. The molecule has 1 aliphatic rings. The molecule has 0 aromatic heterocycles. The number of aliphatic hydroxyl groups excluding tert-OH is 1. The van der Waals surface area contributed by atoms with E-state index in [9.17, 15) is 15.0 Å². The zero-order valence-electron chi connectivity index (χ0n) is 18.4. The molecule has 0 spiro atoms. The Morgan fingerprint density at radius 3 is 2.68 bits per heavy atom. The first-order valence-corrected chi connectivity index (χ1v) is 11.4. The first-order valence-electron chi connectivity index (χ1n) is 11.4. The highest BCUT2D eigenvalue weighted by Crippen LogP contribution is 2.41. The number of unbranched alkanes of at least 4 members (excludes halogenated alkanes) is 1. The van der Waals surface area contributed by atoms with Gasteiger partial charge >= 0.3 is 5.97 Å². The van der Waals surface area contributed by atoms with Crippen molar-refractivity contribution in [3.8, 4) is 0 Å². The Labute approximate surface area is 185 Å². The van der Waals surface area contributed by atoms with Gasteiger partial charge in [-0.2, -0.15) is 0 Å². The molecule has 4 heteroatoms. The topological polar surface area (TPSA) is 66.8 Å². The predicted octanol–water partition coefficient (Wildman–Crippen LogP) is 4.72. The van der Waals surface area contributed by atoms with Gasteiger partial charge in [0.15, 0.2) is 0 Å². The predicted molar refractivity (Wildman–Crippen MR) is 123 cm³/mol. The summed E-state index contributed by atoms with van der Waals surface area (Å²) in [5.41, 5.74) is 1.95. The number of hydrogen-bond donors (Lipinski definition) is 2. The van der Waals surface area contributed by atoms with E-state index < -0.39 is 11.7 Å². The van der Waals surface area contributed by atoms with Crippen molar-refractivity contribution in [2.24, 2.45) is 5.92 Å². The van der Waals surface area contributed by atoms with E-state index in [1.165, 1.54) is 5.56 Å². The van der Waals surface area contributed by atoms with Gasteiger partial charge in [0.25, 0.3) is 0 Å². The molecule has 0 saturated heterocycles. The summed E-state index contributed by atoms with van der Waals surface area (Å²) in [6.45, 7) is 2.07. The van der Waals surface area contributed by atoms with Crippen molar-refractivity contribution in [1.29, 1.82) is 0 Å². The minimum atomic E-state index is -1.24. The van der Waals surface area contributed by atoms with Crippen LogP contribution >= 0.6 is 0 Å². The van der Waals surface area contributed by atoms with Gasteiger partial charge in [-0.3, -0.25) is 4.79 Å². The zero-order chi connectivity index (χ0) is 22.1. The normalized spacial score (nSPS) is 21.6. The third kappa shape index (κ3) is 6.78. The molecular weight excluding hydrogens is 388 g/mol. The van der Waals surface area contributed by atoms with E-state index in [0.29, 0.717) is 13.0 Å². The van der Waals surface area contributed by atoms with E-state index in [2.05, 4.69) is 24.3 Å². The number of carbonyl (C=O) groups is 1. The van der Waals surface area contributed by atoms with Crippen LogP contribution in [0, 0.1) is 5.92 Å². The molecule has 31 heavy (non-hydrogen) atoms. The third-order valence-electron chi connectivity index (χ3n) is 6.01. The van der Waals surface area contributed by atoms with E-state index in [4.69, 9.17) is 4.74 Å². The van der Waals surface area contributed by atoms with Crippen molar-refractivity contribution in [3.63, 3.8) is 0 Å². The monoisotopic (exact) mass is 422 g/mol. The number of allylic oxidation sites excluding steroid dienone is 1. The zero-order valence-corrected chi connectivity index (χ0v) is 18.4. The maximum atomic E-state index is 12.1. The smallest absolute Gasteiger partial charge is 0.309 e. The molecule has 0 heterocycles.